The van der Waals surface area contributed by atoms with E-state index < -0.39 is 5.97 Å². The highest BCUT2D eigenvalue weighted by atomic mass is 16.4. The summed E-state index contributed by atoms with van der Waals surface area (Å²) < 4.78 is 0. The number of aromatic nitrogens is 2. The molecule has 0 aromatic carbocycles. The Balaban J connectivity index is 2.33. The monoisotopic (exact) mass is 249 g/mol. The molecule has 1 N–H and O–H groups in total. The summed E-state index contributed by atoms with van der Waals surface area (Å²) in [6.45, 7) is 6.05. The van der Waals surface area contributed by atoms with Gasteiger partial charge in [-0.15, -0.1) is 0 Å². The number of anilines is 1. The number of carboxylic acids is 1. The second-order valence-corrected chi connectivity index (χ2v) is 5.01. The molecule has 5 nitrogen and oxygen atoms in total. The molecule has 0 radical (unpaired) electrons. The number of nitrogens with zero attached hydrogens (tertiary/aromatic N) is 3. The number of rotatable bonds is 2. The molecular formula is C13H19N3O2. The molecule has 1 fully saturated rings. The predicted molar refractivity (Wildman–Crippen MR) is 69.0 cm³/mol. The standard InChI is InChI=1S/C13H19N3O2/c1-8-5-4-6-9(2)16(8)13-14-7-11(12(17)18)10(3)15-13/h7-9H,4-6H2,1-3H3,(H,17,18)/t8-,9+. The van der Waals surface area contributed by atoms with Gasteiger partial charge in [-0.3, -0.25) is 0 Å². The smallest absolute Gasteiger partial charge is 0.339 e. The Kier molecular flexibility index (Phi) is 3.50. The summed E-state index contributed by atoms with van der Waals surface area (Å²) in [5.74, 6) is -0.323. The van der Waals surface area contributed by atoms with Crippen molar-refractivity contribution in [1.82, 2.24) is 9.97 Å². The molecule has 0 amide bonds. The Bertz CT molecular complexity index is 452. The van der Waals surface area contributed by atoms with Crippen LogP contribution >= 0.6 is 0 Å². The molecule has 1 aliphatic rings. The summed E-state index contributed by atoms with van der Waals surface area (Å²) in [6.07, 6.45) is 4.90. The highest BCUT2D eigenvalue weighted by Gasteiger charge is 2.27. The van der Waals surface area contributed by atoms with Gasteiger partial charge >= 0.3 is 5.97 Å². The molecule has 2 heterocycles. The second kappa shape index (κ2) is 4.92. The van der Waals surface area contributed by atoms with E-state index in [1.165, 1.54) is 12.6 Å². The van der Waals surface area contributed by atoms with Crippen molar-refractivity contribution < 1.29 is 9.90 Å². The van der Waals surface area contributed by atoms with Crippen LogP contribution in [-0.2, 0) is 0 Å². The largest absolute Gasteiger partial charge is 0.478 e. The fraction of sp³-hybridized carbons (Fsp3) is 0.615. The van der Waals surface area contributed by atoms with E-state index in [9.17, 15) is 4.79 Å². The Labute approximate surface area is 107 Å². The zero-order chi connectivity index (χ0) is 13.3. The summed E-state index contributed by atoms with van der Waals surface area (Å²) in [6, 6.07) is 0.813. The topological polar surface area (TPSA) is 66.3 Å². The Morgan fingerprint density at radius 2 is 2.00 bits per heavy atom. The number of hydrogen-bond acceptors (Lipinski definition) is 4. The van der Waals surface area contributed by atoms with Gasteiger partial charge in [-0.2, -0.15) is 0 Å². The maximum absolute atomic E-state index is 10.9. The van der Waals surface area contributed by atoms with Crippen LogP contribution in [0.5, 0.6) is 0 Å². The van der Waals surface area contributed by atoms with Gasteiger partial charge in [-0.1, -0.05) is 0 Å². The van der Waals surface area contributed by atoms with Crippen molar-refractivity contribution in [2.45, 2.75) is 52.1 Å². The summed E-state index contributed by atoms with van der Waals surface area (Å²) in [7, 11) is 0. The van der Waals surface area contributed by atoms with Gasteiger partial charge in [-0.05, 0) is 40.0 Å². The quantitative estimate of drug-likeness (QED) is 0.870. The zero-order valence-electron chi connectivity index (χ0n) is 11.1. The number of hydrogen-bond donors (Lipinski definition) is 1. The highest BCUT2D eigenvalue weighted by Crippen LogP contribution is 2.26. The van der Waals surface area contributed by atoms with E-state index in [2.05, 4.69) is 28.7 Å². The lowest BCUT2D eigenvalue weighted by Gasteiger charge is -2.39. The van der Waals surface area contributed by atoms with E-state index in [4.69, 9.17) is 5.11 Å². The number of piperidine rings is 1. The van der Waals surface area contributed by atoms with Crippen molar-refractivity contribution in [3.05, 3.63) is 17.5 Å². The van der Waals surface area contributed by atoms with Gasteiger partial charge in [0.15, 0.2) is 0 Å². The van der Waals surface area contributed by atoms with Crippen LogP contribution in [0.15, 0.2) is 6.20 Å². The van der Waals surface area contributed by atoms with Crippen LogP contribution in [0, 0.1) is 6.92 Å². The van der Waals surface area contributed by atoms with Crippen molar-refractivity contribution in [1.29, 1.82) is 0 Å². The molecule has 5 heteroatoms. The minimum absolute atomic E-state index is 0.177. The number of aryl methyl sites for hydroxylation is 1. The molecule has 1 aromatic rings. The fourth-order valence-electron chi connectivity index (χ4n) is 2.60. The number of carboxylic acid groups (broad SMARTS) is 1. The van der Waals surface area contributed by atoms with E-state index in [1.807, 2.05) is 0 Å². The number of carbonyl (C=O) groups is 1. The van der Waals surface area contributed by atoms with E-state index in [-0.39, 0.29) is 5.56 Å². The van der Waals surface area contributed by atoms with Crippen molar-refractivity contribution in [2.24, 2.45) is 0 Å². The molecular weight excluding hydrogens is 230 g/mol. The summed E-state index contributed by atoms with van der Waals surface area (Å²) in [5, 5.41) is 8.98. The van der Waals surface area contributed by atoms with E-state index in [0.29, 0.717) is 23.7 Å². The van der Waals surface area contributed by atoms with Crippen molar-refractivity contribution >= 4 is 11.9 Å². The molecule has 0 spiro atoms. The minimum atomic E-state index is -0.973. The van der Waals surface area contributed by atoms with E-state index in [0.717, 1.165) is 12.8 Å². The van der Waals surface area contributed by atoms with Crippen LogP contribution in [0.1, 0.15) is 49.2 Å². The lowest BCUT2D eigenvalue weighted by Crippen LogP contribution is -2.44. The lowest BCUT2D eigenvalue weighted by atomic mass is 9.98. The molecule has 1 saturated heterocycles. The van der Waals surface area contributed by atoms with Crippen molar-refractivity contribution in [3.63, 3.8) is 0 Å². The van der Waals surface area contributed by atoms with E-state index in [1.54, 1.807) is 6.92 Å². The van der Waals surface area contributed by atoms with Gasteiger partial charge < -0.3 is 10.0 Å². The lowest BCUT2D eigenvalue weighted by molar-refractivity contribution is 0.0695. The molecule has 0 aliphatic carbocycles. The average Bonchev–Trinajstić information content (AvgIpc) is 2.28. The summed E-state index contributed by atoms with van der Waals surface area (Å²) in [5.41, 5.74) is 0.702. The molecule has 0 bridgehead atoms. The van der Waals surface area contributed by atoms with Crippen LogP contribution < -0.4 is 4.90 Å². The second-order valence-electron chi connectivity index (χ2n) is 5.01. The first-order chi connectivity index (χ1) is 8.50. The Morgan fingerprint density at radius 3 is 2.50 bits per heavy atom. The third-order valence-electron chi connectivity index (χ3n) is 3.62. The Hall–Kier alpha value is -1.65. The van der Waals surface area contributed by atoms with E-state index >= 15 is 0 Å². The van der Waals surface area contributed by atoms with Crippen LogP contribution in [0.3, 0.4) is 0 Å². The van der Waals surface area contributed by atoms with Gasteiger partial charge in [-0.25, -0.2) is 14.8 Å². The molecule has 18 heavy (non-hydrogen) atoms. The van der Waals surface area contributed by atoms with Gasteiger partial charge in [0, 0.05) is 18.3 Å². The molecule has 0 saturated carbocycles. The average molecular weight is 249 g/mol. The normalized spacial score (nSPS) is 24.1. The first-order valence-corrected chi connectivity index (χ1v) is 6.36. The van der Waals surface area contributed by atoms with Crippen molar-refractivity contribution in [2.75, 3.05) is 4.90 Å². The van der Waals surface area contributed by atoms with Crippen LogP contribution in [0.2, 0.25) is 0 Å². The van der Waals surface area contributed by atoms with Crippen LogP contribution in [0.4, 0.5) is 5.95 Å². The SMILES string of the molecule is Cc1nc(N2[C@H](C)CCC[C@@H]2C)ncc1C(=O)O. The third-order valence-corrected chi connectivity index (χ3v) is 3.62. The number of aromatic carboxylic acids is 1. The minimum Gasteiger partial charge on any atom is -0.478 e. The molecule has 2 atom stereocenters. The van der Waals surface area contributed by atoms with Crippen LogP contribution in [0.25, 0.3) is 0 Å². The maximum atomic E-state index is 10.9. The predicted octanol–water partition coefficient (Wildman–Crippen LogP) is 2.25. The Morgan fingerprint density at radius 1 is 1.39 bits per heavy atom. The molecule has 2 rings (SSSR count). The molecule has 98 valence electrons. The van der Waals surface area contributed by atoms with Crippen LogP contribution in [-0.4, -0.2) is 33.1 Å². The fourth-order valence-corrected chi connectivity index (χ4v) is 2.60. The highest BCUT2D eigenvalue weighted by molar-refractivity contribution is 5.88. The summed E-state index contributed by atoms with van der Waals surface area (Å²) >= 11 is 0. The maximum Gasteiger partial charge on any atom is 0.339 e. The first kappa shape index (κ1) is 12.8. The molecule has 1 aliphatic heterocycles. The third kappa shape index (κ3) is 2.30. The van der Waals surface area contributed by atoms with Gasteiger partial charge in [0.05, 0.1) is 11.3 Å². The molecule has 0 unspecified atom stereocenters. The first-order valence-electron chi connectivity index (χ1n) is 6.36. The van der Waals surface area contributed by atoms with Gasteiger partial charge in [0.25, 0.3) is 0 Å². The van der Waals surface area contributed by atoms with Gasteiger partial charge in [0.2, 0.25) is 5.95 Å². The zero-order valence-corrected chi connectivity index (χ0v) is 11.1. The van der Waals surface area contributed by atoms with Gasteiger partial charge in [0.1, 0.15) is 0 Å². The summed E-state index contributed by atoms with van der Waals surface area (Å²) in [4.78, 5) is 21.7. The van der Waals surface area contributed by atoms with Crippen molar-refractivity contribution in [3.8, 4) is 0 Å². The molecule has 1 aromatic heterocycles.